The first kappa shape index (κ1) is 34.2. The molecule has 1 aliphatic rings. The summed E-state index contributed by atoms with van der Waals surface area (Å²) < 4.78 is 54.2. The molecule has 0 unspecified atom stereocenters. The molecule has 0 fully saturated rings. The molecule has 0 radical (unpaired) electrons. The Kier molecular flexibility index (Phi) is 8.80. The highest BCUT2D eigenvalue weighted by Crippen LogP contribution is 2.45. The summed E-state index contributed by atoms with van der Waals surface area (Å²) in [6, 6.07) is 7.21. The number of hydrogen-bond donors (Lipinski definition) is 1. The Balaban J connectivity index is 1.90. The number of alkyl halides is 3. The number of fused-ring (bicyclic) bond motifs is 3. The second-order valence-corrected chi connectivity index (χ2v) is 18.9. The Bertz CT molecular complexity index is 1650. The van der Waals surface area contributed by atoms with Crippen LogP contribution in [-0.4, -0.2) is 64.4 Å². The van der Waals surface area contributed by atoms with Crippen LogP contribution in [0, 0.1) is 11.3 Å². The Morgan fingerprint density at radius 3 is 2.31 bits per heavy atom. The van der Waals surface area contributed by atoms with Crippen molar-refractivity contribution in [2.45, 2.75) is 96.2 Å². The highest BCUT2D eigenvalue weighted by Gasteiger charge is 2.43. The third-order valence-electron chi connectivity index (χ3n) is 8.88. The van der Waals surface area contributed by atoms with E-state index < -0.39 is 37.8 Å². The van der Waals surface area contributed by atoms with E-state index in [4.69, 9.17) is 9.16 Å². The molecule has 2 aromatic heterocycles. The summed E-state index contributed by atoms with van der Waals surface area (Å²) >= 11 is 0. The van der Waals surface area contributed by atoms with Crippen LogP contribution >= 0.6 is 0 Å². The molecular weight excluding hydrogens is 603 g/mol. The van der Waals surface area contributed by atoms with Crippen LogP contribution in [0.3, 0.4) is 0 Å². The molecule has 45 heavy (non-hydrogen) atoms. The molecule has 0 aliphatic carbocycles. The number of benzene rings is 1. The van der Waals surface area contributed by atoms with E-state index in [1.165, 1.54) is 4.80 Å². The molecule has 1 N–H and O–H groups in total. The van der Waals surface area contributed by atoms with Crippen molar-refractivity contribution in [1.29, 1.82) is 5.26 Å². The number of methoxy groups -OCH3 is 1. The average molecular weight is 646 g/mol. The van der Waals surface area contributed by atoms with Crippen LogP contribution in [0.15, 0.2) is 18.2 Å². The standard InChI is InChI=1S/C31H42F3N7O3Si/c1-28(2,3)45(9,10)44-18-29(4,5)22-15-23(27(42)36-30(6,17-35)16-31(32,33)34)41-12-11-19-13-24(43-8)21(14-20(19)25(22)41)26-37-39-40(7)38-26/h13-15H,11-12,16,18H2,1-10H3,(H,36,42)/t30-/m0/s1. The quantitative estimate of drug-likeness (QED) is 0.276. The third-order valence-corrected chi connectivity index (χ3v) is 13.4. The minimum Gasteiger partial charge on any atom is -0.496 e. The van der Waals surface area contributed by atoms with E-state index in [1.807, 2.05) is 30.5 Å². The normalized spacial score (nSPS) is 15.1. The van der Waals surface area contributed by atoms with Gasteiger partial charge in [-0.3, -0.25) is 4.79 Å². The topological polar surface area (TPSA) is 120 Å². The smallest absolute Gasteiger partial charge is 0.392 e. The molecular formula is C31H42F3N7O3Si. The molecule has 0 bridgehead atoms. The van der Waals surface area contributed by atoms with Crippen molar-refractivity contribution in [3.8, 4) is 34.5 Å². The number of ether oxygens (including phenoxy) is 1. The van der Waals surface area contributed by atoms with Gasteiger partial charge in [-0.2, -0.15) is 23.2 Å². The zero-order valence-electron chi connectivity index (χ0n) is 27.6. The molecule has 3 aromatic rings. The highest BCUT2D eigenvalue weighted by molar-refractivity contribution is 6.74. The van der Waals surface area contributed by atoms with E-state index in [0.29, 0.717) is 36.7 Å². The van der Waals surface area contributed by atoms with Gasteiger partial charge in [-0.25, -0.2) is 0 Å². The van der Waals surface area contributed by atoms with Crippen molar-refractivity contribution >= 4 is 14.2 Å². The lowest BCUT2D eigenvalue weighted by atomic mass is 9.82. The first-order valence-electron chi connectivity index (χ1n) is 14.8. The molecule has 4 rings (SSSR count). The predicted molar refractivity (Wildman–Crippen MR) is 166 cm³/mol. The Morgan fingerprint density at radius 2 is 1.78 bits per heavy atom. The molecule has 1 atom stereocenters. The van der Waals surface area contributed by atoms with Gasteiger partial charge in [0.05, 0.1) is 37.9 Å². The number of nitrogens with one attached hydrogen (secondary N) is 1. The molecule has 3 heterocycles. The summed E-state index contributed by atoms with van der Waals surface area (Å²) in [6.45, 7) is 16.7. The molecule has 1 aliphatic heterocycles. The van der Waals surface area contributed by atoms with Crippen LogP contribution in [0.5, 0.6) is 5.75 Å². The summed E-state index contributed by atoms with van der Waals surface area (Å²) in [6.07, 6.45) is -5.60. The minimum absolute atomic E-state index is 0.0314. The zero-order chi connectivity index (χ0) is 33.8. The van der Waals surface area contributed by atoms with Gasteiger partial charge in [-0.15, -0.1) is 10.2 Å². The van der Waals surface area contributed by atoms with Crippen LogP contribution in [0.2, 0.25) is 18.1 Å². The van der Waals surface area contributed by atoms with Crippen LogP contribution in [0.4, 0.5) is 13.2 Å². The van der Waals surface area contributed by atoms with Gasteiger partial charge in [0.2, 0.25) is 5.82 Å². The number of tetrazole rings is 1. The number of rotatable bonds is 9. The Labute approximate surface area is 263 Å². The van der Waals surface area contributed by atoms with Gasteiger partial charge in [-0.05, 0) is 66.0 Å². The van der Waals surface area contributed by atoms with E-state index in [1.54, 1.807) is 26.3 Å². The fourth-order valence-corrected chi connectivity index (χ4v) is 6.43. The molecule has 14 heteroatoms. The lowest BCUT2D eigenvalue weighted by molar-refractivity contribution is -0.143. The summed E-state index contributed by atoms with van der Waals surface area (Å²) in [5.74, 6) is 0.168. The number of aromatic nitrogens is 5. The molecule has 1 aromatic carbocycles. The maximum Gasteiger partial charge on any atom is 0.392 e. The predicted octanol–water partition coefficient (Wildman–Crippen LogP) is 6.17. The number of nitrogens with zero attached hydrogens (tertiary/aromatic N) is 6. The summed E-state index contributed by atoms with van der Waals surface area (Å²) in [4.78, 5) is 15.1. The highest BCUT2D eigenvalue weighted by atomic mass is 28.4. The van der Waals surface area contributed by atoms with Gasteiger partial charge in [-0.1, -0.05) is 34.6 Å². The van der Waals surface area contributed by atoms with Crippen molar-refractivity contribution in [3.63, 3.8) is 0 Å². The third kappa shape index (κ3) is 6.94. The largest absolute Gasteiger partial charge is 0.496 e. The van der Waals surface area contributed by atoms with Gasteiger partial charge in [0, 0.05) is 24.1 Å². The number of amides is 1. The van der Waals surface area contributed by atoms with Crippen molar-refractivity contribution in [2.75, 3.05) is 13.7 Å². The maximum atomic E-state index is 13.7. The first-order chi connectivity index (χ1) is 20.6. The fraction of sp³-hybridized carbons (Fsp3) is 0.581. The van der Waals surface area contributed by atoms with E-state index in [2.05, 4.69) is 54.6 Å². The number of hydrogen-bond acceptors (Lipinski definition) is 7. The van der Waals surface area contributed by atoms with E-state index in [-0.39, 0.29) is 10.7 Å². The van der Waals surface area contributed by atoms with E-state index in [9.17, 15) is 23.2 Å². The SMILES string of the molecule is COc1cc2c(cc1-c1nnn(C)n1)-c1c(C(C)(C)CO[Si](C)(C)C(C)(C)C)cc(C(=O)N[C@](C)(C#N)CC(F)(F)F)n1CC2. The van der Waals surface area contributed by atoms with Gasteiger partial charge >= 0.3 is 6.18 Å². The molecule has 0 spiro atoms. The monoisotopic (exact) mass is 645 g/mol. The fourth-order valence-electron chi connectivity index (χ4n) is 5.27. The second-order valence-electron chi connectivity index (χ2n) is 14.1. The minimum atomic E-state index is -4.65. The number of aryl methyl sites for hydroxylation is 2. The summed E-state index contributed by atoms with van der Waals surface area (Å²) in [7, 11) is 1.06. The van der Waals surface area contributed by atoms with Crippen molar-refractivity contribution < 1.29 is 27.1 Å². The maximum absolute atomic E-state index is 13.7. The van der Waals surface area contributed by atoms with Crippen molar-refractivity contribution in [1.82, 2.24) is 30.1 Å². The number of carbonyl (C=O) groups is 1. The van der Waals surface area contributed by atoms with Crippen molar-refractivity contribution in [2.24, 2.45) is 7.05 Å². The lowest BCUT2D eigenvalue weighted by Gasteiger charge is -2.39. The lowest BCUT2D eigenvalue weighted by Crippen LogP contribution is -2.48. The molecule has 244 valence electrons. The second kappa shape index (κ2) is 11.6. The van der Waals surface area contributed by atoms with Crippen LogP contribution < -0.4 is 10.1 Å². The Hall–Kier alpha value is -3.70. The molecule has 0 saturated heterocycles. The van der Waals surface area contributed by atoms with Crippen molar-refractivity contribution in [3.05, 3.63) is 35.0 Å². The van der Waals surface area contributed by atoms with E-state index >= 15 is 0 Å². The zero-order valence-corrected chi connectivity index (χ0v) is 28.6. The number of carbonyl (C=O) groups excluding carboxylic acids is 1. The van der Waals surface area contributed by atoms with Crippen LogP contribution in [0.25, 0.3) is 22.6 Å². The summed E-state index contributed by atoms with van der Waals surface area (Å²) in [5, 5.41) is 24.5. The number of nitriles is 1. The van der Waals surface area contributed by atoms with Gasteiger partial charge < -0.3 is 19.0 Å². The van der Waals surface area contributed by atoms with Crippen LogP contribution in [-0.2, 0) is 29.9 Å². The summed E-state index contributed by atoms with van der Waals surface area (Å²) in [5.41, 5.74) is 1.34. The van der Waals surface area contributed by atoms with Crippen LogP contribution in [0.1, 0.15) is 69.6 Å². The average Bonchev–Trinajstić information content (AvgIpc) is 3.54. The number of halogens is 3. The Morgan fingerprint density at radius 1 is 1.11 bits per heavy atom. The van der Waals surface area contributed by atoms with Gasteiger partial charge in [0.1, 0.15) is 17.0 Å². The molecule has 0 saturated carbocycles. The van der Waals surface area contributed by atoms with Gasteiger partial charge in [0.15, 0.2) is 8.32 Å². The molecule has 10 nitrogen and oxygen atoms in total. The van der Waals surface area contributed by atoms with Gasteiger partial charge in [0.25, 0.3) is 5.91 Å². The van der Waals surface area contributed by atoms with E-state index in [0.717, 1.165) is 29.3 Å². The first-order valence-corrected chi connectivity index (χ1v) is 17.7. The molecule has 1 amide bonds.